The fourth-order valence-electron chi connectivity index (χ4n) is 1.57. The zero-order valence-electron chi connectivity index (χ0n) is 9.23. The lowest BCUT2D eigenvalue weighted by Crippen LogP contribution is -2.07. The van der Waals surface area contributed by atoms with Crippen molar-refractivity contribution in [2.45, 2.75) is 27.3 Å². The highest BCUT2D eigenvalue weighted by Crippen LogP contribution is 2.20. The number of rotatable bonds is 2. The molecule has 0 aliphatic rings. The number of nitrogens with two attached hydrogens (primary N) is 1. The smallest absolute Gasteiger partial charge is 0.175 e. The van der Waals surface area contributed by atoms with Crippen molar-refractivity contribution in [3.05, 3.63) is 23.7 Å². The second-order valence-corrected chi connectivity index (χ2v) is 3.60. The van der Waals surface area contributed by atoms with E-state index in [-0.39, 0.29) is 0 Å². The van der Waals surface area contributed by atoms with Crippen LogP contribution in [0.1, 0.15) is 18.2 Å². The quantitative estimate of drug-likeness (QED) is 0.803. The van der Waals surface area contributed by atoms with Gasteiger partial charge in [0.25, 0.3) is 0 Å². The van der Waals surface area contributed by atoms with Crippen molar-refractivity contribution in [3.8, 4) is 5.82 Å². The highest BCUT2D eigenvalue weighted by atomic mass is 15.4. The van der Waals surface area contributed by atoms with Gasteiger partial charge in [-0.2, -0.15) is 10.2 Å². The van der Waals surface area contributed by atoms with Gasteiger partial charge in [-0.3, -0.25) is 0 Å². The van der Waals surface area contributed by atoms with Crippen LogP contribution in [0.4, 0.5) is 5.69 Å². The van der Waals surface area contributed by atoms with E-state index in [4.69, 9.17) is 5.73 Å². The maximum absolute atomic E-state index is 5.98. The molecule has 2 heterocycles. The Morgan fingerprint density at radius 2 is 2.13 bits per heavy atom. The predicted octanol–water partition coefficient (Wildman–Crippen LogP) is 1.29. The summed E-state index contributed by atoms with van der Waals surface area (Å²) in [5, 5.41) is 8.59. The van der Waals surface area contributed by atoms with Crippen molar-refractivity contribution in [1.29, 1.82) is 0 Å². The molecule has 2 aromatic rings. The highest BCUT2D eigenvalue weighted by molar-refractivity contribution is 5.56. The van der Waals surface area contributed by atoms with Gasteiger partial charge in [0, 0.05) is 12.7 Å². The zero-order chi connectivity index (χ0) is 11.0. The topological polar surface area (TPSA) is 61.7 Å². The Morgan fingerprint density at radius 1 is 1.40 bits per heavy atom. The molecule has 5 heteroatoms. The lowest BCUT2D eigenvalue weighted by atomic mass is 10.4. The van der Waals surface area contributed by atoms with Crippen LogP contribution in [-0.4, -0.2) is 19.6 Å². The first-order valence-electron chi connectivity index (χ1n) is 4.98. The molecule has 0 aliphatic heterocycles. The van der Waals surface area contributed by atoms with Crippen LogP contribution in [0.3, 0.4) is 0 Å². The van der Waals surface area contributed by atoms with Crippen molar-refractivity contribution < 1.29 is 0 Å². The Morgan fingerprint density at radius 3 is 2.67 bits per heavy atom. The second-order valence-electron chi connectivity index (χ2n) is 3.60. The molecule has 0 radical (unpaired) electrons. The SMILES string of the molecule is CCn1nc(C)c(N)c1-n1cc(C)cn1. The first-order chi connectivity index (χ1) is 7.13. The summed E-state index contributed by atoms with van der Waals surface area (Å²) in [5.41, 5.74) is 8.63. The minimum absolute atomic E-state index is 0.694. The highest BCUT2D eigenvalue weighted by Gasteiger charge is 2.13. The van der Waals surface area contributed by atoms with Crippen LogP contribution in [0.2, 0.25) is 0 Å². The van der Waals surface area contributed by atoms with Crippen molar-refractivity contribution >= 4 is 5.69 Å². The van der Waals surface area contributed by atoms with Gasteiger partial charge in [-0.25, -0.2) is 9.36 Å². The summed E-state index contributed by atoms with van der Waals surface area (Å²) in [6.07, 6.45) is 3.75. The van der Waals surface area contributed by atoms with E-state index in [9.17, 15) is 0 Å². The summed E-state index contributed by atoms with van der Waals surface area (Å²) in [5.74, 6) is 0.850. The van der Waals surface area contributed by atoms with Gasteiger partial charge in [0.15, 0.2) is 5.82 Å². The van der Waals surface area contributed by atoms with Gasteiger partial charge in [-0.1, -0.05) is 0 Å². The molecule has 0 unspecified atom stereocenters. The molecule has 2 N–H and O–H groups in total. The standard InChI is InChI=1S/C10H15N5/c1-4-14-10(9(11)8(3)13-14)15-6-7(2)5-12-15/h5-6H,4,11H2,1-3H3. The van der Waals surface area contributed by atoms with Gasteiger partial charge >= 0.3 is 0 Å². The molecule has 0 aliphatic carbocycles. The predicted molar refractivity (Wildman–Crippen MR) is 58.9 cm³/mol. The van der Waals surface area contributed by atoms with Crippen molar-refractivity contribution in [2.24, 2.45) is 0 Å². The maximum Gasteiger partial charge on any atom is 0.175 e. The number of nitrogen functional groups attached to an aromatic ring is 1. The number of hydrogen-bond acceptors (Lipinski definition) is 3. The van der Waals surface area contributed by atoms with Gasteiger partial charge in [0.05, 0.1) is 17.6 Å². The number of hydrogen-bond donors (Lipinski definition) is 1. The normalized spacial score (nSPS) is 10.9. The van der Waals surface area contributed by atoms with Crippen molar-refractivity contribution in [2.75, 3.05) is 5.73 Å². The zero-order valence-corrected chi connectivity index (χ0v) is 9.23. The number of nitrogens with zero attached hydrogens (tertiary/aromatic N) is 4. The molecule has 2 rings (SSSR count). The summed E-state index contributed by atoms with van der Waals surface area (Å²) >= 11 is 0. The molecule has 0 saturated heterocycles. The minimum Gasteiger partial charge on any atom is -0.394 e. The van der Waals surface area contributed by atoms with E-state index in [0.717, 1.165) is 23.6 Å². The van der Waals surface area contributed by atoms with Gasteiger partial charge in [-0.05, 0) is 26.3 Å². The molecule has 0 aromatic carbocycles. The Balaban J connectivity index is 2.60. The molecule has 0 fully saturated rings. The average molecular weight is 205 g/mol. The van der Waals surface area contributed by atoms with Crippen LogP contribution < -0.4 is 5.73 Å². The third-order valence-electron chi connectivity index (χ3n) is 2.37. The van der Waals surface area contributed by atoms with Crippen molar-refractivity contribution in [1.82, 2.24) is 19.6 Å². The average Bonchev–Trinajstić information content (AvgIpc) is 2.73. The summed E-state index contributed by atoms with van der Waals surface area (Å²) < 4.78 is 3.63. The Hall–Kier alpha value is -1.78. The fraction of sp³-hybridized carbons (Fsp3) is 0.400. The summed E-state index contributed by atoms with van der Waals surface area (Å²) in [7, 11) is 0. The molecule has 0 bridgehead atoms. The minimum atomic E-state index is 0.694. The van der Waals surface area contributed by atoms with E-state index in [1.54, 1.807) is 4.68 Å². The molecular formula is C10H15N5. The van der Waals surface area contributed by atoms with Crippen LogP contribution in [0.25, 0.3) is 5.82 Å². The first-order valence-corrected chi connectivity index (χ1v) is 4.98. The number of aromatic nitrogens is 4. The molecule has 0 atom stereocenters. The second kappa shape index (κ2) is 3.42. The van der Waals surface area contributed by atoms with E-state index >= 15 is 0 Å². The van der Waals surface area contributed by atoms with Crippen LogP contribution in [0.15, 0.2) is 12.4 Å². The molecule has 80 valence electrons. The molecule has 5 nitrogen and oxygen atoms in total. The molecular weight excluding hydrogens is 190 g/mol. The summed E-state index contributed by atoms with van der Waals surface area (Å²) in [6, 6.07) is 0. The van der Waals surface area contributed by atoms with Crippen LogP contribution in [0.5, 0.6) is 0 Å². The van der Waals surface area contributed by atoms with Crippen molar-refractivity contribution in [3.63, 3.8) is 0 Å². The van der Waals surface area contributed by atoms with Crippen LogP contribution in [-0.2, 0) is 6.54 Å². The van der Waals surface area contributed by atoms with E-state index in [1.807, 2.05) is 37.8 Å². The first kappa shape index (κ1) is 9.76. The van der Waals surface area contributed by atoms with Crippen LogP contribution in [0, 0.1) is 13.8 Å². The largest absolute Gasteiger partial charge is 0.394 e. The maximum atomic E-state index is 5.98. The van der Waals surface area contributed by atoms with Gasteiger partial charge in [0.1, 0.15) is 0 Å². The Kier molecular flexibility index (Phi) is 2.22. The monoisotopic (exact) mass is 205 g/mol. The molecule has 15 heavy (non-hydrogen) atoms. The molecule has 0 saturated carbocycles. The summed E-state index contributed by atoms with van der Waals surface area (Å²) in [4.78, 5) is 0. The lowest BCUT2D eigenvalue weighted by Gasteiger charge is -2.04. The van der Waals surface area contributed by atoms with Gasteiger partial charge in [-0.15, -0.1) is 0 Å². The Labute approximate surface area is 88.5 Å². The third-order valence-corrected chi connectivity index (χ3v) is 2.37. The van der Waals surface area contributed by atoms with E-state index < -0.39 is 0 Å². The Bertz CT molecular complexity index is 480. The van der Waals surface area contributed by atoms with E-state index in [0.29, 0.717) is 5.69 Å². The number of anilines is 1. The van der Waals surface area contributed by atoms with Gasteiger partial charge < -0.3 is 5.73 Å². The molecule has 2 aromatic heterocycles. The third kappa shape index (κ3) is 1.49. The molecule has 0 amide bonds. The fourth-order valence-corrected chi connectivity index (χ4v) is 1.57. The van der Waals surface area contributed by atoms with Gasteiger partial charge in [0.2, 0.25) is 0 Å². The molecule has 0 spiro atoms. The van der Waals surface area contributed by atoms with Crippen LogP contribution >= 0.6 is 0 Å². The summed E-state index contributed by atoms with van der Waals surface area (Å²) in [6.45, 7) is 6.72. The van der Waals surface area contributed by atoms with E-state index in [2.05, 4.69) is 10.2 Å². The number of aryl methyl sites for hydroxylation is 3. The van der Waals surface area contributed by atoms with E-state index in [1.165, 1.54) is 0 Å². The lowest BCUT2D eigenvalue weighted by molar-refractivity contribution is 0.618.